The van der Waals surface area contributed by atoms with Crippen LogP contribution in [0.15, 0.2) is 22.7 Å². The van der Waals surface area contributed by atoms with Gasteiger partial charge in [0.2, 0.25) is 0 Å². The summed E-state index contributed by atoms with van der Waals surface area (Å²) in [4.78, 5) is 0. The molecule has 1 N–H and O–H groups in total. The Morgan fingerprint density at radius 3 is 3.00 bits per heavy atom. The molecule has 2 aromatic rings. The zero-order valence-electron chi connectivity index (χ0n) is 10.3. The molecule has 0 spiro atoms. The second-order valence-corrected chi connectivity index (χ2v) is 5.79. The molecule has 3 heteroatoms. The van der Waals surface area contributed by atoms with Crippen molar-refractivity contribution in [1.29, 1.82) is 0 Å². The lowest BCUT2D eigenvalue weighted by Crippen LogP contribution is -2.32. The Morgan fingerprint density at radius 2 is 2.24 bits per heavy atom. The van der Waals surface area contributed by atoms with Gasteiger partial charge in [-0.1, -0.05) is 15.9 Å². The van der Waals surface area contributed by atoms with Crippen molar-refractivity contribution < 1.29 is 0 Å². The summed E-state index contributed by atoms with van der Waals surface area (Å²) in [5, 5.41) is 4.83. The lowest BCUT2D eigenvalue weighted by molar-refractivity contribution is 0.485. The van der Waals surface area contributed by atoms with Gasteiger partial charge in [-0.05, 0) is 43.7 Å². The monoisotopic (exact) mass is 292 g/mol. The molecule has 0 amide bonds. The van der Waals surface area contributed by atoms with Crippen LogP contribution in [-0.2, 0) is 19.9 Å². The van der Waals surface area contributed by atoms with Crippen LogP contribution in [0.3, 0.4) is 0 Å². The van der Waals surface area contributed by atoms with Crippen molar-refractivity contribution in [1.82, 2.24) is 9.88 Å². The molecular formula is C14H17BrN2. The first-order valence-corrected chi connectivity index (χ1v) is 6.93. The molecule has 0 fully saturated rings. The van der Waals surface area contributed by atoms with Gasteiger partial charge in [0.25, 0.3) is 0 Å². The minimum atomic E-state index is 0.633. The van der Waals surface area contributed by atoms with Gasteiger partial charge in [0, 0.05) is 40.6 Å². The number of fused-ring (bicyclic) bond motifs is 3. The highest BCUT2D eigenvalue weighted by Crippen LogP contribution is 2.32. The topological polar surface area (TPSA) is 17.0 Å². The Labute approximate surface area is 110 Å². The molecule has 1 aromatic heterocycles. The van der Waals surface area contributed by atoms with Crippen LogP contribution in [0, 0.1) is 0 Å². The number of nitrogens with zero attached hydrogens (tertiary/aromatic N) is 1. The van der Waals surface area contributed by atoms with Crippen LogP contribution in [0.4, 0.5) is 0 Å². The minimum Gasteiger partial charge on any atom is -0.347 e. The second-order valence-electron chi connectivity index (χ2n) is 4.87. The molecule has 1 atom stereocenters. The number of hydrogen-bond acceptors (Lipinski definition) is 1. The van der Waals surface area contributed by atoms with E-state index in [4.69, 9.17) is 0 Å². The van der Waals surface area contributed by atoms with E-state index >= 15 is 0 Å². The fourth-order valence-electron chi connectivity index (χ4n) is 2.99. The van der Waals surface area contributed by atoms with Crippen LogP contribution in [-0.4, -0.2) is 17.7 Å². The number of rotatable bonds is 1. The van der Waals surface area contributed by atoms with E-state index in [0.29, 0.717) is 6.04 Å². The molecule has 1 heterocycles. The summed E-state index contributed by atoms with van der Waals surface area (Å²) in [7, 11) is 4.25. The second kappa shape index (κ2) is 4.14. The Hall–Kier alpha value is -0.800. The van der Waals surface area contributed by atoms with Crippen LogP contribution < -0.4 is 5.32 Å². The SMILES string of the molecule is CNC1CCc2c(n(C)c3ccc(Br)cc23)C1. The molecule has 1 aliphatic rings. The maximum atomic E-state index is 3.57. The van der Waals surface area contributed by atoms with E-state index in [1.807, 2.05) is 0 Å². The smallest absolute Gasteiger partial charge is 0.0483 e. The number of likely N-dealkylation sites (N-methyl/N-ethyl adjacent to an activating group) is 1. The number of aromatic nitrogens is 1. The fraction of sp³-hybridized carbons (Fsp3) is 0.429. The quantitative estimate of drug-likeness (QED) is 0.855. The number of nitrogens with one attached hydrogen (secondary N) is 1. The van der Waals surface area contributed by atoms with Gasteiger partial charge >= 0.3 is 0 Å². The van der Waals surface area contributed by atoms with Crippen LogP contribution in [0.25, 0.3) is 10.9 Å². The molecule has 3 rings (SSSR count). The standard InChI is InChI=1S/C14H17BrN2/c1-16-10-4-5-11-12-7-9(15)3-6-13(12)17(2)14(11)8-10/h3,6-7,10,16H,4-5,8H2,1-2H3. The number of aryl methyl sites for hydroxylation is 2. The summed E-state index contributed by atoms with van der Waals surface area (Å²) >= 11 is 3.57. The highest BCUT2D eigenvalue weighted by atomic mass is 79.9. The van der Waals surface area contributed by atoms with Gasteiger partial charge in [-0.2, -0.15) is 0 Å². The summed E-state index contributed by atoms with van der Waals surface area (Å²) in [6.45, 7) is 0. The third kappa shape index (κ3) is 1.72. The van der Waals surface area contributed by atoms with Crippen molar-refractivity contribution in [2.75, 3.05) is 7.05 Å². The van der Waals surface area contributed by atoms with Crippen molar-refractivity contribution in [2.24, 2.45) is 7.05 Å². The Kier molecular flexibility index (Phi) is 2.75. The summed E-state index contributed by atoms with van der Waals surface area (Å²) in [5.41, 5.74) is 4.41. The Bertz CT molecular complexity index is 571. The first kappa shape index (κ1) is 11.3. The van der Waals surface area contributed by atoms with Crippen LogP contribution in [0.5, 0.6) is 0 Å². The molecule has 1 aliphatic carbocycles. The molecular weight excluding hydrogens is 276 g/mol. The van der Waals surface area contributed by atoms with Crippen LogP contribution >= 0.6 is 15.9 Å². The van der Waals surface area contributed by atoms with Crippen molar-refractivity contribution in [2.45, 2.75) is 25.3 Å². The first-order chi connectivity index (χ1) is 8.20. The van der Waals surface area contributed by atoms with E-state index in [1.54, 1.807) is 5.56 Å². The summed E-state index contributed by atoms with van der Waals surface area (Å²) in [5.74, 6) is 0. The van der Waals surface area contributed by atoms with Crippen molar-refractivity contribution in [3.05, 3.63) is 33.9 Å². The van der Waals surface area contributed by atoms with Crippen LogP contribution in [0.1, 0.15) is 17.7 Å². The zero-order valence-corrected chi connectivity index (χ0v) is 11.8. The maximum Gasteiger partial charge on any atom is 0.0483 e. The van der Waals surface area contributed by atoms with Gasteiger partial charge in [0.1, 0.15) is 0 Å². The third-order valence-electron chi connectivity index (χ3n) is 3.99. The number of hydrogen-bond donors (Lipinski definition) is 1. The van der Waals surface area contributed by atoms with E-state index in [9.17, 15) is 0 Å². The first-order valence-electron chi connectivity index (χ1n) is 6.13. The lowest BCUT2D eigenvalue weighted by Gasteiger charge is -2.23. The van der Waals surface area contributed by atoms with Gasteiger partial charge in [0.15, 0.2) is 0 Å². The van der Waals surface area contributed by atoms with Gasteiger partial charge < -0.3 is 9.88 Å². The van der Waals surface area contributed by atoms with E-state index in [0.717, 1.165) is 6.42 Å². The number of halogens is 1. The van der Waals surface area contributed by atoms with E-state index in [1.165, 1.54) is 33.9 Å². The molecule has 2 nitrogen and oxygen atoms in total. The zero-order chi connectivity index (χ0) is 12.0. The van der Waals surface area contributed by atoms with Gasteiger partial charge in [-0.3, -0.25) is 0 Å². The molecule has 0 bridgehead atoms. The Morgan fingerprint density at radius 1 is 1.41 bits per heavy atom. The van der Waals surface area contributed by atoms with E-state index < -0.39 is 0 Å². The van der Waals surface area contributed by atoms with E-state index in [2.05, 4.69) is 58.1 Å². The normalized spacial score (nSPS) is 19.6. The molecule has 90 valence electrons. The van der Waals surface area contributed by atoms with Crippen LogP contribution in [0.2, 0.25) is 0 Å². The van der Waals surface area contributed by atoms with Crippen molar-refractivity contribution >= 4 is 26.8 Å². The fourth-order valence-corrected chi connectivity index (χ4v) is 3.35. The molecule has 0 saturated heterocycles. The Balaban J connectivity index is 2.21. The average Bonchev–Trinajstić information content (AvgIpc) is 2.62. The predicted octanol–water partition coefficient (Wildman–Crippen LogP) is 3.02. The average molecular weight is 293 g/mol. The van der Waals surface area contributed by atoms with Gasteiger partial charge in [-0.25, -0.2) is 0 Å². The summed E-state index contributed by atoms with van der Waals surface area (Å²) in [6, 6.07) is 7.23. The maximum absolute atomic E-state index is 3.57. The predicted molar refractivity (Wildman–Crippen MR) is 75.5 cm³/mol. The summed E-state index contributed by atoms with van der Waals surface area (Å²) in [6.07, 6.45) is 3.58. The molecule has 0 saturated carbocycles. The molecule has 1 aromatic carbocycles. The molecule has 17 heavy (non-hydrogen) atoms. The summed E-state index contributed by atoms with van der Waals surface area (Å²) < 4.78 is 3.54. The molecule has 0 radical (unpaired) electrons. The minimum absolute atomic E-state index is 0.633. The van der Waals surface area contributed by atoms with Crippen molar-refractivity contribution in [3.63, 3.8) is 0 Å². The van der Waals surface area contributed by atoms with Gasteiger partial charge in [0.05, 0.1) is 0 Å². The molecule has 0 aliphatic heterocycles. The van der Waals surface area contributed by atoms with Gasteiger partial charge in [-0.15, -0.1) is 0 Å². The number of benzene rings is 1. The lowest BCUT2D eigenvalue weighted by atomic mass is 9.92. The molecule has 1 unspecified atom stereocenters. The third-order valence-corrected chi connectivity index (χ3v) is 4.48. The van der Waals surface area contributed by atoms with E-state index in [-0.39, 0.29) is 0 Å². The van der Waals surface area contributed by atoms with Crippen molar-refractivity contribution in [3.8, 4) is 0 Å². The highest BCUT2D eigenvalue weighted by molar-refractivity contribution is 9.10. The largest absolute Gasteiger partial charge is 0.347 e. The highest BCUT2D eigenvalue weighted by Gasteiger charge is 2.23.